The minimum absolute atomic E-state index is 0.473. The van der Waals surface area contributed by atoms with E-state index in [1.54, 1.807) is 7.11 Å². The second-order valence-corrected chi connectivity index (χ2v) is 5.35. The Morgan fingerprint density at radius 3 is 2.70 bits per heavy atom. The molecule has 0 spiro atoms. The average Bonchev–Trinajstić information content (AvgIpc) is 2.42. The number of hydrogen-bond acceptors (Lipinski definition) is 4. The zero-order valence-electron chi connectivity index (χ0n) is 11.9. The minimum atomic E-state index is 0.473. The van der Waals surface area contributed by atoms with Crippen molar-refractivity contribution in [1.82, 2.24) is 9.97 Å². The molecule has 106 valence electrons. The molecule has 0 radical (unpaired) electrons. The van der Waals surface area contributed by atoms with Gasteiger partial charge in [0.1, 0.15) is 5.82 Å². The van der Waals surface area contributed by atoms with Gasteiger partial charge >= 0.3 is 0 Å². The summed E-state index contributed by atoms with van der Waals surface area (Å²) in [6.45, 7) is 5.39. The number of hydrogen-bond donors (Lipinski definition) is 1. The Labute approximate surface area is 127 Å². The zero-order valence-corrected chi connectivity index (χ0v) is 13.5. The number of benzene rings is 1. The van der Waals surface area contributed by atoms with Crippen molar-refractivity contribution in [1.29, 1.82) is 0 Å². The lowest BCUT2D eigenvalue weighted by Gasteiger charge is -2.09. The van der Waals surface area contributed by atoms with Crippen molar-refractivity contribution in [3.05, 3.63) is 40.0 Å². The Kier molecular flexibility index (Phi) is 5.09. The molecule has 0 bridgehead atoms. The molecule has 0 aliphatic heterocycles. The molecule has 0 fully saturated rings. The van der Waals surface area contributed by atoms with Gasteiger partial charge in [0, 0.05) is 29.8 Å². The number of nitrogens with zero attached hydrogens (tertiary/aromatic N) is 2. The number of rotatable bonds is 5. The number of methoxy groups -OCH3 is 1. The molecule has 2 aromatic rings. The van der Waals surface area contributed by atoms with E-state index < -0.39 is 0 Å². The van der Waals surface area contributed by atoms with Gasteiger partial charge in [-0.2, -0.15) is 0 Å². The largest absolute Gasteiger partial charge is 0.378 e. The van der Waals surface area contributed by atoms with Crippen LogP contribution in [0.15, 0.2) is 28.7 Å². The highest BCUT2D eigenvalue weighted by atomic mass is 79.9. The van der Waals surface area contributed by atoms with E-state index in [0.717, 1.165) is 28.1 Å². The van der Waals surface area contributed by atoms with Crippen LogP contribution in [0.5, 0.6) is 0 Å². The first kappa shape index (κ1) is 14.9. The Morgan fingerprint density at radius 2 is 2.05 bits per heavy atom. The van der Waals surface area contributed by atoms with E-state index in [1.807, 2.05) is 25.1 Å². The molecule has 0 aliphatic carbocycles. The number of ether oxygens (including phenoxy) is 1. The fraction of sp³-hybridized carbons (Fsp3) is 0.333. The van der Waals surface area contributed by atoms with E-state index in [2.05, 4.69) is 44.2 Å². The van der Waals surface area contributed by atoms with Gasteiger partial charge < -0.3 is 10.1 Å². The number of aromatic nitrogens is 2. The Hall–Kier alpha value is -1.46. The molecular weight excluding hydrogens is 318 g/mol. The van der Waals surface area contributed by atoms with Gasteiger partial charge in [0.15, 0.2) is 5.82 Å². The van der Waals surface area contributed by atoms with Crippen molar-refractivity contribution in [3.8, 4) is 11.4 Å². The normalized spacial score (nSPS) is 10.6. The highest BCUT2D eigenvalue weighted by Gasteiger charge is 2.08. The lowest BCUT2D eigenvalue weighted by atomic mass is 10.1. The number of anilines is 1. The summed E-state index contributed by atoms with van der Waals surface area (Å²) in [5, 5.41) is 3.22. The quantitative estimate of drug-likeness (QED) is 0.902. The minimum Gasteiger partial charge on any atom is -0.378 e. The third kappa shape index (κ3) is 3.55. The maximum Gasteiger partial charge on any atom is 0.161 e. The number of nitrogens with one attached hydrogen (secondary N) is 1. The van der Waals surface area contributed by atoms with Crippen molar-refractivity contribution in [2.45, 2.75) is 20.5 Å². The first-order valence-electron chi connectivity index (χ1n) is 6.51. The van der Waals surface area contributed by atoms with Crippen LogP contribution in [0.1, 0.15) is 18.2 Å². The van der Waals surface area contributed by atoms with Gasteiger partial charge in [-0.3, -0.25) is 0 Å². The van der Waals surface area contributed by atoms with Crippen LogP contribution in [0, 0.1) is 6.92 Å². The van der Waals surface area contributed by atoms with Crippen molar-refractivity contribution in [2.75, 3.05) is 19.0 Å². The topological polar surface area (TPSA) is 47.0 Å². The molecule has 5 heteroatoms. The first-order chi connectivity index (χ1) is 9.63. The molecule has 0 unspecified atom stereocenters. The van der Waals surface area contributed by atoms with Gasteiger partial charge in [0.2, 0.25) is 0 Å². The van der Waals surface area contributed by atoms with Crippen LogP contribution in [0.25, 0.3) is 11.4 Å². The molecule has 0 saturated carbocycles. The van der Waals surface area contributed by atoms with E-state index in [1.165, 1.54) is 5.56 Å². The second kappa shape index (κ2) is 6.81. The fourth-order valence-electron chi connectivity index (χ4n) is 1.85. The lowest BCUT2D eigenvalue weighted by Crippen LogP contribution is -2.04. The van der Waals surface area contributed by atoms with Crippen LogP contribution < -0.4 is 5.32 Å². The SMILES string of the molecule is CCNc1cc(COC)nc(-c2ccc(C)c(Br)c2)n1. The molecule has 2 rings (SSSR count). The van der Waals surface area contributed by atoms with Gasteiger partial charge in [-0.05, 0) is 25.5 Å². The summed E-state index contributed by atoms with van der Waals surface area (Å²) in [4.78, 5) is 9.10. The maximum atomic E-state index is 5.17. The molecule has 1 aromatic carbocycles. The summed E-state index contributed by atoms with van der Waals surface area (Å²) in [5.74, 6) is 1.53. The summed E-state index contributed by atoms with van der Waals surface area (Å²) in [6.07, 6.45) is 0. The standard InChI is InChI=1S/C15H18BrN3O/c1-4-17-14-8-12(9-20-3)18-15(19-14)11-6-5-10(2)13(16)7-11/h5-8H,4,9H2,1-3H3,(H,17,18,19). The maximum absolute atomic E-state index is 5.17. The van der Waals surface area contributed by atoms with Crippen molar-refractivity contribution >= 4 is 21.7 Å². The zero-order chi connectivity index (χ0) is 14.5. The molecule has 0 saturated heterocycles. The Morgan fingerprint density at radius 1 is 1.25 bits per heavy atom. The fourth-order valence-corrected chi connectivity index (χ4v) is 2.23. The summed E-state index contributed by atoms with van der Waals surface area (Å²) in [6, 6.07) is 8.04. The van der Waals surface area contributed by atoms with E-state index in [-0.39, 0.29) is 0 Å². The van der Waals surface area contributed by atoms with E-state index in [9.17, 15) is 0 Å². The van der Waals surface area contributed by atoms with Crippen molar-refractivity contribution in [2.24, 2.45) is 0 Å². The lowest BCUT2D eigenvalue weighted by molar-refractivity contribution is 0.181. The van der Waals surface area contributed by atoms with Gasteiger partial charge in [-0.25, -0.2) is 9.97 Å². The summed E-state index contributed by atoms with van der Waals surface area (Å²) >= 11 is 3.55. The summed E-state index contributed by atoms with van der Waals surface area (Å²) in [5.41, 5.74) is 3.04. The molecule has 0 aliphatic rings. The van der Waals surface area contributed by atoms with Crippen LogP contribution in [0.2, 0.25) is 0 Å². The van der Waals surface area contributed by atoms with Gasteiger partial charge in [0.25, 0.3) is 0 Å². The molecule has 1 N–H and O–H groups in total. The van der Waals surface area contributed by atoms with Crippen LogP contribution in [-0.4, -0.2) is 23.6 Å². The van der Waals surface area contributed by atoms with Gasteiger partial charge in [0.05, 0.1) is 12.3 Å². The third-order valence-corrected chi connectivity index (χ3v) is 3.71. The smallest absolute Gasteiger partial charge is 0.161 e. The van der Waals surface area contributed by atoms with E-state index in [0.29, 0.717) is 12.4 Å². The second-order valence-electron chi connectivity index (χ2n) is 4.50. The summed E-state index contributed by atoms with van der Waals surface area (Å²) in [7, 11) is 1.66. The first-order valence-corrected chi connectivity index (χ1v) is 7.30. The third-order valence-electron chi connectivity index (χ3n) is 2.86. The molecule has 0 atom stereocenters. The van der Waals surface area contributed by atoms with Crippen LogP contribution >= 0.6 is 15.9 Å². The molecule has 0 amide bonds. The Balaban J connectivity index is 2.45. The monoisotopic (exact) mass is 335 g/mol. The number of halogens is 1. The van der Waals surface area contributed by atoms with Crippen LogP contribution in [0.4, 0.5) is 5.82 Å². The highest BCUT2D eigenvalue weighted by molar-refractivity contribution is 9.10. The van der Waals surface area contributed by atoms with Gasteiger partial charge in [-0.1, -0.05) is 28.1 Å². The van der Waals surface area contributed by atoms with Crippen LogP contribution in [-0.2, 0) is 11.3 Å². The summed E-state index contributed by atoms with van der Waals surface area (Å²) < 4.78 is 6.22. The molecule has 1 aromatic heterocycles. The molecule has 4 nitrogen and oxygen atoms in total. The van der Waals surface area contributed by atoms with E-state index >= 15 is 0 Å². The predicted octanol–water partition coefficient (Wildman–Crippen LogP) is 3.79. The van der Waals surface area contributed by atoms with E-state index in [4.69, 9.17) is 4.74 Å². The molecular formula is C15H18BrN3O. The Bertz CT molecular complexity index is 577. The van der Waals surface area contributed by atoms with Crippen molar-refractivity contribution in [3.63, 3.8) is 0 Å². The number of aryl methyl sites for hydroxylation is 1. The molecule has 1 heterocycles. The van der Waals surface area contributed by atoms with Gasteiger partial charge in [-0.15, -0.1) is 0 Å². The molecule has 20 heavy (non-hydrogen) atoms. The predicted molar refractivity (Wildman–Crippen MR) is 84.8 cm³/mol. The van der Waals surface area contributed by atoms with Crippen LogP contribution in [0.3, 0.4) is 0 Å². The van der Waals surface area contributed by atoms with Crippen molar-refractivity contribution < 1.29 is 4.74 Å². The highest BCUT2D eigenvalue weighted by Crippen LogP contribution is 2.24. The average molecular weight is 336 g/mol.